The number of anilines is 1. The number of hydrogen-bond acceptors (Lipinski definition) is 3. The van der Waals surface area contributed by atoms with E-state index >= 15 is 0 Å². The predicted molar refractivity (Wildman–Crippen MR) is 85.0 cm³/mol. The van der Waals surface area contributed by atoms with Crippen molar-refractivity contribution in [3.63, 3.8) is 0 Å². The SMILES string of the molecule is CCOC(=O)c1ccc(Cl)c(-c2cc(Br)ccc2N)c1. The number of benzene rings is 2. The molecule has 0 heterocycles. The van der Waals surface area contributed by atoms with Crippen LogP contribution in [0.4, 0.5) is 5.69 Å². The Morgan fingerprint density at radius 3 is 2.70 bits per heavy atom. The first kappa shape index (κ1) is 14.9. The first-order chi connectivity index (χ1) is 9.52. The van der Waals surface area contributed by atoms with Gasteiger partial charge in [0.1, 0.15) is 0 Å². The van der Waals surface area contributed by atoms with Crippen LogP contribution in [0.25, 0.3) is 11.1 Å². The molecule has 104 valence electrons. The van der Waals surface area contributed by atoms with E-state index in [1.54, 1.807) is 31.2 Å². The van der Waals surface area contributed by atoms with E-state index < -0.39 is 0 Å². The number of hydrogen-bond donors (Lipinski definition) is 1. The molecule has 0 aromatic heterocycles. The molecule has 2 aromatic rings. The van der Waals surface area contributed by atoms with Crippen LogP contribution in [0.5, 0.6) is 0 Å². The molecule has 0 fully saturated rings. The lowest BCUT2D eigenvalue weighted by Gasteiger charge is -2.10. The van der Waals surface area contributed by atoms with E-state index in [9.17, 15) is 4.79 Å². The summed E-state index contributed by atoms with van der Waals surface area (Å²) >= 11 is 9.61. The van der Waals surface area contributed by atoms with E-state index in [0.29, 0.717) is 28.4 Å². The molecule has 0 saturated heterocycles. The molecular formula is C15H13BrClNO2. The average molecular weight is 355 g/mol. The quantitative estimate of drug-likeness (QED) is 0.651. The van der Waals surface area contributed by atoms with Crippen molar-refractivity contribution in [3.8, 4) is 11.1 Å². The highest BCUT2D eigenvalue weighted by Crippen LogP contribution is 2.34. The van der Waals surface area contributed by atoms with E-state index in [2.05, 4.69) is 15.9 Å². The number of esters is 1. The van der Waals surface area contributed by atoms with E-state index in [4.69, 9.17) is 22.1 Å². The first-order valence-corrected chi connectivity index (χ1v) is 7.22. The molecule has 0 amide bonds. The van der Waals surface area contributed by atoms with Gasteiger partial charge in [0.25, 0.3) is 0 Å². The molecule has 20 heavy (non-hydrogen) atoms. The predicted octanol–water partition coefficient (Wildman–Crippen LogP) is 4.53. The summed E-state index contributed by atoms with van der Waals surface area (Å²) < 4.78 is 5.88. The Bertz CT molecular complexity index is 658. The van der Waals surface area contributed by atoms with Crippen LogP contribution in [-0.2, 0) is 4.74 Å². The number of rotatable bonds is 3. The smallest absolute Gasteiger partial charge is 0.338 e. The molecule has 0 saturated carbocycles. The Morgan fingerprint density at radius 1 is 1.25 bits per heavy atom. The van der Waals surface area contributed by atoms with Crippen LogP contribution in [-0.4, -0.2) is 12.6 Å². The summed E-state index contributed by atoms with van der Waals surface area (Å²) in [5.74, 6) is -0.376. The maximum atomic E-state index is 11.8. The Balaban J connectivity index is 2.53. The van der Waals surface area contributed by atoms with Gasteiger partial charge in [-0.05, 0) is 43.3 Å². The minimum atomic E-state index is -0.376. The van der Waals surface area contributed by atoms with Gasteiger partial charge in [-0.25, -0.2) is 4.79 Å². The van der Waals surface area contributed by atoms with Crippen molar-refractivity contribution in [1.29, 1.82) is 0 Å². The lowest BCUT2D eigenvalue weighted by atomic mass is 10.0. The Hall–Kier alpha value is -1.52. The Kier molecular flexibility index (Phi) is 4.68. The van der Waals surface area contributed by atoms with Gasteiger partial charge in [0.15, 0.2) is 0 Å². The highest BCUT2D eigenvalue weighted by Gasteiger charge is 2.13. The van der Waals surface area contributed by atoms with Gasteiger partial charge in [-0.1, -0.05) is 27.5 Å². The normalized spacial score (nSPS) is 10.3. The van der Waals surface area contributed by atoms with Crippen LogP contribution < -0.4 is 5.73 Å². The molecule has 0 radical (unpaired) electrons. The van der Waals surface area contributed by atoms with Crippen molar-refractivity contribution in [2.75, 3.05) is 12.3 Å². The summed E-state index contributed by atoms with van der Waals surface area (Å²) in [7, 11) is 0. The molecule has 2 aromatic carbocycles. The lowest BCUT2D eigenvalue weighted by molar-refractivity contribution is 0.0526. The van der Waals surface area contributed by atoms with Crippen molar-refractivity contribution < 1.29 is 9.53 Å². The van der Waals surface area contributed by atoms with Gasteiger partial charge in [-0.15, -0.1) is 0 Å². The van der Waals surface area contributed by atoms with Gasteiger partial charge < -0.3 is 10.5 Å². The summed E-state index contributed by atoms with van der Waals surface area (Å²) in [4.78, 5) is 11.8. The molecule has 0 aliphatic heterocycles. The van der Waals surface area contributed by atoms with Crippen LogP contribution in [0.15, 0.2) is 40.9 Å². The van der Waals surface area contributed by atoms with E-state index in [1.165, 1.54) is 0 Å². The molecule has 0 bridgehead atoms. The van der Waals surface area contributed by atoms with Gasteiger partial charge in [0.05, 0.1) is 12.2 Å². The number of carbonyl (C=O) groups excluding carboxylic acids is 1. The van der Waals surface area contributed by atoms with Gasteiger partial charge >= 0.3 is 5.97 Å². The number of ether oxygens (including phenoxy) is 1. The fourth-order valence-electron chi connectivity index (χ4n) is 1.83. The molecule has 2 rings (SSSR count). The molecule has 3 nitrogen and oxygen atoms in total. The Labute approximate surface area is 130 Å². The van der Waals surface area contributed by atoms with Crippen LogP contribution in [0.2, 0.25) is 5.02 Å². The fraction of sp³-hybridized carbons (Fsp3) is 0.133. The van der Waals surface area contributed by atoms with E-state index in [1.807, 2.05) is 12.1 Å². The van der Waals surface area contributed by atoms with E-state index in [0.717, 1.165) is 10.0 Å². The summed E-state index contributed by atoms with van der Waals surface area (Å²) in [6.45, 7) is 2.09. The van der Waals surface area contributed by atoms with Gasteiger partial charge in [-0.2, -0.15) is 0 Å². The number of halogens is 2. The number of nitrogen functional groups attached to an aromatic ring is 1. The summed E-state index contributed by atoms with van der Waals surface area (Å²) in [5, 5.41) is 0.530. The minimum absolute atomic E-state index is 0.329. The molecule has 2 N–H and O–H groups in total. The van der Waals surface area contributed by atoms with Gasteiger partial charge in [0, 0.05) is 26.3 Å². The third-order valence-corrected chi connectivity index (χ3v) is 3.61. The van der Waals surface area contributed by atoms with Crippen LogP contribution in [0.3, 0.4) is 0 Å². The molecular weight excluding hydrogens is 342 g/mol. The summed E-state index contributed by atoms with van der Waals surface area (Å²) in [5.41, 5.74) is 8.50. The Morgan fingerprint density at radius 2 is 2.00 bits per heavy atom. The van der Waals surface area contributed by atoms with Crippen molar-refractivity contribution in [3.05, 3.63) is 51.5 Å². The molecule has 0 spiro atoms. The fourth-order valence-corrected chi connectivity index (χ4v) is 2.42. The topological polar surface area (TPSA) is 52.3 Å². The second-order valence-corrected chi connectivity index (χ2v) is 5.47. The minimum Gasteiger partial charge on any atom is -0.462 e. The van der Waals surface area contributed by atoms with Gasteiger partial charge in [-0.3, -0.25) is 0 Å². The highest BCUT2D eigenvalue weighted by atomic mass is 79.9. The summed E-state index contributed by atoms with van der Waals surface area (Å²) in [6, 6.07) is 10.5. The monoisotopic (exact) mass is 353 g/mol. The van der Waals surface area contributed by atoms with Crippen molar-refractivity contribution in [2.24, 2.45) is 0 Å². The standard InChI is InChI=1S/C15H13BrClNO2/c1-2-20-15(19)9-3-5-13(17)11(7-9)12-8-10(16)4-6-14(12)18/h3-8H,2,18H2,1H3. The third-order valence-electron chi connectivity index (χ3n) is 2.78. The largest absolute Gasteiger partial charge is 0.462 e. The second kappa shape index (κ2) is 6.29. The third kappa shape index (κ3) is 3.14. The maximum Gasteiger partial charge on any atom is 0.338 e. The number of carbonyl (C=O) groups is 1. The molecule has 0 aliphatic rings. The zero-order chi connectivity index (χ0) is 14.7. The summed E-state index contributed by atoms with van der Waals surface area (Å²) in [6.07, 6.45) is 0. The molecule has 0 unspecified atom stereocenters. The van der Waals surface area contributed by atoms with Crippen LogP contribution in [0.1, 0.15) is 17.3 Å². The molecule has 0 aliphatic carbocycles. The molecule has 0 atom stereocenters. The van der Waals surface area contributed by atoms with Gasteiger partial charge in [0.2, 0.25) is 0 Å². The van der Waals surface area contributed by atoms with Crippen molar-refractivity contribution >= 4 is 39.2 Å². The second-order valence-electron chi connectivity index (χ2n) is 4.15. The number of nitrogens with two attached hydrogens (primary N) is 1. The van der Waals surface area contributed by atoms with Crippen LogP contribution in [0, 0.1) is 0 Å². The highest BCUT2D eigenvalue weighted by molar-refractivity contribution is 9.10. The van der Waals surface area contributed by atoms with E-state index in [-0.39, 0.29) is 5.97 Å². The zero-order valence-electron chi connectivity index (χ0n) is 10.8. The van der Waals surface area contributed by atoms with Crippen LogP contribution >= 0.6 is 27.5 Å². The van der Waals surface area contributed by atoms with Crippen molar-refractivity contribution in [1.82, 2.24) is 0 Å². The zero-order valence-corrected chi connectivity index (χ0v) is 13.2. The van der Waals surface area contributed by atoms with Crippen molar-refractivity contribution in [2.45, 2.75) is 6.92 Å². The first-order valence-electron chi connectivity index (χ1n) is 6.05. The molecule has 5 heteroatoms. The lowest BCUT2D eigenvalue weighted by Crippen LogP contribution is -2.04. The average Bonchev–Trinajstić information content (AvgIpc) is 2.42. The maximum absolute atomic E-state index is 11.8.